The maximum absolute atomic E-state index is 12.3. The highest BCUT2D eigenvalue weighted by Crippen LogP contribution is 2.28. The summed E-state index contributed by atoms with van der Waals surface area (Å²) in [6, 6.07) is 13.9. The van der Waals surface area contributed by atoms with Crippen LogP contribution in [-0.4, -0.2) is 72.3 Å². The monoisotopic (exact) mass is 466 g/mol. The zero-order chi connectivity index (χ0) is 23.0. The summed E-state index contributed by atoms with van der Waals surface area (Å²) in [6.07, 6.45) is 3.17. The van der Waals surface area contributed by atoms with Gasteiger partial charge in [-0.1, -0.05) is 6.07 Å². The number of nitrogens with zero attached hydrogens (tertiary/aromatic N) is 4. The Hall–Kier alpha value is -3.01. The number of unbranched alkanes of at least 4 members (excludes halogenated alkanes) is 1. The van der Waals surface area contributed by atoms with Crippen molar-refractivity contribution >= 4 is 34.6 Å². The molecular formula is C24H30N6O2S. The lowest BCUT2D eigenvalue weighted by Gasteiger charge is -2.34. The highest BCUT2D eigenvalue weighted by Gasteiger charge is 2.15. The molecule has 1 amide bonds. The smallest absolute Gasteiger partial charge is 0.261 e. The van der Waals surface area contributed by atoms with E-state index in [1.807, 2.05) is 30.3 Å². The number of piperazine rings is 1. The molecule has 9 heteroatoms. The van der Waals surface area contributed by atoms with Gasteiger partial charge in [0.2, 0.25) is 5.95 Å². The summed E-state index contributed by atoms with van der Waals surface area (Å²) in [5.41, 5.74) is 2.90. The summed E-state index contributed by atoms with van der Waals surface area (Å²) in [4.78, 5) is 27.6. The van der Waals surface area contributed by atoms with Gasteiger partial charge in [-0.2, -0.15) is 0 Å². The number of aromatic nitrogens is 2. The summed E-state index contributed by atoms with van der Waals surface area (Å²) in [6.45, 7) is 4.85. The molecule has 2 aromatic heterocycles. The first-order valence-electron chi connectivity index (χ1n) is 11.3. The third-order valence-electron chi connectivity index (χ3n) is 5.58. The van der Waals surface area contributed by atoms with Crippen LogP contribution in [-0.2, 0) is 0 Å². The number of amides is 1. The molecule has 174 valence electrons. The molecular weight excluding hydrogens is 436 g/mol. The molecule has 3 heterocycles. The zero-order valence-corrected chi connectivity index (χ0v) is 19.6. The third kappa shape index (κ3) is 6.28. The molecule has 3 aromatic rings. The Morgan fingerprint density at radius 2 is 1.97 bits per heavy atom. The Morgan fingerprint density at radius 3 is 2.79 bits per heavy atom. The largest absolute Gasteiger partial charge is 0.396 e. The molecule has 1 fully saturated rings. The number of hydrogen-bond donors (Lipinski definition) is 3. The van der Waals surface area contributed by atoms with Crippen LogP contribution in [0.4, 0.5) is 17.3 Å². The number of carbonyl (C=O) groups is 1. The lowest BCUT2D eigenvalue weighted by molar-refractivity contribution is 0.0956. The molecule has 0 saturated carbocycles. The van der Waals surface area contributed by atoms with Crippen LogP contribution in [0.15, 0.2) is 48.7 Å². The van der Waals surface area contributed by atoms with E-state index in [-0.39, 0.29) is 12.5 Å². The average Bonchev–Trinajstić information content (AvgIpc) is 3.33. The van der Waals surface area contributed by atoms with E-state index in [1.165, 1.54) is 17.0 Å². The highest BCUT2D eigenvalue weighted by molar-refractivity contribution is 7.17. The van der Waals surface area contributed by atoms with E-state index in [1.54, 1.807) is 6.20 Å². The van der Waals surface area contributed by atoms with Gasteiger partial charge < -0.3 is 25.5 Å². The first kappa shape index (κ1) is 23.2. The Balaban J connectivity index is 1.41. The summed E-state index contributed by atoms with van der Waals surface area (Å²) in [5.74, 6) is 0.420. The second kappa shape index (κ2) is 11.2. The highest BCUT2D eigenvalue weighted by atomic mass is 32.1. The van der Waals surface area contributed by atoms with Gasteiger partial charge in [0.15, 0.2) is 0 Å². The fraction of sp³-hybridized carbons (Fsp3) is 0.375. The standard InChI is InChI=1S/C24H30N6O2S/c1-29-12-14-30(15-13-29)19-6-4-5-18(17-19)27-24-26-11-9-20(28-24)21-7-8-22(33-21)23(32)25-10-2-3-16-31/h4-9,11,17,31H,2-3,10,12-16H2,1H3,(H,25,32)(H,26,27,28). The number of nitrogens with one attached hydrogen (secondary N) is 2. The fourth-order valence-corrected chi connectivity index (χ4v) is 4.55. The molecule has 4 rings (SSSR count). The lowest BCUT2D eigenvalue weighted by Crippen LogP contribution is -2.44. The molecule has 0 radical (unpaired) electrons. The number of aliphatic hydroxyl groups is 1. The SMILES string of the molecule is CN1CCN(c2cccc(Nc3nccc(-c4ccc(C(=O)NCCCCO)s4)n3)c2)CC1. The van der Waals surface area contributed by atoms with Crippen molar-refractivity contribution in [3.05, 3.63) is 53.5 Å². The molecule has 0 spiro atoms. The van der Waals surface area contributed by atoms with Gasteiger partial charge in [-0.25, -0.2) is 9.97 Å². The first-order valence-corrected chi connectivity index (χ1v) is 12.1. The van der Waals surface area contributed by atoms with Gasteiger partial charge >= 0.3 is 0 Å². The number of thiophene rings is 1. The third-order valence-corrected chi connectivity index (χ3v) is 6.69. The minimum Gasteiger partial charge on any atom is -0.396 e. The van der Waals surface area contributed by atoms with Crippen LogP contribution in [0.3, 0.4) is 0 Å². The van der Waals surface area contributed by atoms with Gasteiger partial charge in [-0.05, 0) is 56.3 Å². The van der Waals surface area contributed by atoms with Crippen LogP contribution in [0.5, 0.6) is 0 Å². The quantitative estimate of drug-likeness (QED) is 0.417. The molecule has 0 unspecified atom stereocenters. The van der Waals surface area contributed by atoms with E-state index in [0.717, 1.165) is 48.9 Å². The van der Waals surface area contributed by atoms with Crippen molar-refractivity contribution in [3.63, 3.8) is 0 Å². The van der Waals surface area contributed by atoms with E-state index >= 15 is 0 Å². The van der Waals surface area contributed by atoms with Gasteiger partial charge in [-0.15, -0.1) is 11.3 Å². The summed E-state index contributed by atoms with van der Waals surface area (Å²) in [7, 11) is 2.15. The van der Waals surface area contributed by atoms with E-state index in [9.17, 15) is 4.79 Å². The normalized spacial score (nSPS) is 14.3. The topological polar surface area (TPSA) is 93.6 Å². The molecule has 0 aliphatic carbocycles. The van der Waals surface area contributed by atoms with Crippen molar-refractivity contribution in [2.24, 2.45) is 0 Å². The minimum absolute atomic E-state index is 0.0997. The second-order valence-corrected chi connectivity index (χ2v) is 9.17. The predicted octanol–water partition coefficient (Wildman–Crippen LogP) is 3.20. The second-order valence-electron chi connectivity index (χ2n) is 8.08. The fourth-order valence-electron chi connectivity index (χ4n) is 3.65. The number of benzene rings is 1. The van der Waals surface area contributed by atoms with Crippen LogP contribution in [0.25, 0.3) is 10.6 Å². The molecule has 1 aliphatic rings. The van der Waals surface area contributed by atoms with Gasteiger partial charge in [0.05, 0.1) is 15.4 Å². The van der Waals surface area contributed by atoms with E-state index in [2.05, 4.69) is 49.6 Å². The van der Waals surface area contributed by atoms with Crippen LogP contribution in [0.2, 0.25) is 0 Å². The average molecular weight is 467 g/mol. The van der Waals surface area contributed by atoms with Crippen molar-refractivity contribution in [2.45, 2.75) is 12.8 Å². The molecule has 0 atom stereocenters. The Morgan fingerprint density at radius 1 is 1.12 bits per heavy atom. The Labute approximate surface area is 198 Å². The lowest BCUT2D eigenvalue weighted by atomic mass is 10.2. The van der Waals surface area contributed by atoms with Crippen molar-refractivity contribution in [1.82, 2.24) is 20.2 Å². The maximum atomic E-state index is 12.3. The number of rotatable bonds is 9. The van der Waals surface area contributed by atoms with E-state index in [0.29, 0.717) is 23.8 Å². The van der Waals surface area contributed by atoms with Gasteiger partial charge in [0.25, 0.3) is 5.91 Å². The summed E-state index contributed by atoms with van der Waals surface area (Å²) >= 11 is 1.40. The van der Waals surface area contributed by atoms with Crippen molar-refractivity contribution in [2.75, 3.05) is 56.6 Å². The Kier molecular flexibility index (Phi) is 7.87. The van der Waals surface area contributed by atoms with E-state index in [4.69, 9.17) is 5.11 Å². The van der Waals surface area contributed by atoms with Gasteiger partial charge in [-0.3, -0.25) is 4.79 Å². The summed E-state index contributed by atoms with van der Waals surface area (Å²) in [5, 5.41) is 15.0. The van der Waals surface area contributed by atoms with Gasteiger partial charge in [0, 0.05) is 56.9 Å². The molecule has 0 bridgehead atoms. The number of carbonyl (C=O) groups excluding carboxylic acids is 1. The van der Waals surface area contributed by atoms with Crippen molar-refractivity contribution in [1.29, 1.82) is 0 Å². The van der Waals surface area contributed by atoms with Crippen molar-refractivity contribution in [3.8, 4) is 10.6 Å². The molecule has 1 aliphatic heterocycles. The van der Waals surface area contributed by atoms with Crippen molar-refractivity contribution < 1.29 is 9.90 Å². The number of aliphatic hydroxyl groups excluding tert-OH is 1. The van der Waals surface area contributed by atoms with E-state index < -0.39 is 0 Å². The first-order chi connectivity index (χ1) is 16.1. The molecule has 33 heavy (non-hydrogen) atoms. The van der Waals surface area contributed by atoms with Crippen LogP contribution in [0, 0.1) is 0 Å². The van der Waals surface area contributed by atoms with Gasteiger partial charge in [0.1, 0.15) is 0 Å². The molecule has 3 N–H and O–H groups in total. The predicted molar refractivity (Wildman–Crippen MR) is 133 cm³/mol. The van der Waals surface area contributed by atoms with Crippen LogP contribution < -0.4 is 15.5 Å². The molecule has 1 saturated heterocycles. The number of anilines is 3. The maximum Gasteiger partial charge on any atom is 0.261 e. The number of hydrogen-bond acceptors (Lipinski definition) is 8. The number of likely N-dealkylation sites (N-methyl/N-ethyl adjacent to an activating group) is 1. The Bertz CT molecular complexity index is 1060. The molecule has 1 aromatic carbocycles. The summed E-state index contributed by atoms with van der Waals surface area (Å²) < 4.78 is 0. The van der Waals surface area contributed by atoms with Crippen LogP contribution in [0.1, 0.15) is 22.5 Å². The minimum atomic E-state index is -0.0997. The van der Waals surface area contributed by atoms with Crippen LogP contribution >= 0.6 is 11.3 Å². The zero-order valence-electron chi connectivity index (χ0n) is 18.8. The molecule has 8 nitrogen and oxygen atoms in total.